The van der Waals surface area contributed by atoms with E-state index < -0.39 is 0 Å². The van der Waals surface area contributed by atoms with E-state index in [0.717, 1.165) is 35.9 Å². The van der Waals surface area contributed by atoms with Gasteiger partial charge in [-0.2, -0.15) is 11.8 Å². The first-order chi connectivity index (χ1) is 11.1. The summed E-state index contributed by atoms with van der Waals surface area (Å²) in [5.41, 5.74) is 1.19. The van der Waals surface area contributed by atoms with E-state index >= 15 is 0 Å². The zero-order chi connectivity index (χ0) is 16.7. The second-order valence-electron chi connectivity index (χ2n) is 5.78. The maximum absolute atomic E-state index is 12.2. The van der Waals surface area contributed by atoms with Gasteiger partial charge in [-0.25, -0.2) is 0 Å². The second kappa shape index (κ2) is 9.18. The number of likely N-dealkylation sites (tertiary alicyclic amines) is 1. The van der Waals surface area contributed by atoms with E-state index in [-0.39, 0.29) is 17.7 Å². The molecule has 0 saturated carbocycles. The molecule has 0 aliphatic carbocycles. The quantitative estimate of drug-likeness (QED) is 0.799. The highest BCUT2D eigenvalue weighted by atomic mass is 35.5. The number of carbonyl (C=O) groups excluding carboxylic acids is 2. The molecule has 0 aromatic heterocycles. The predicted molar refractivity (Wildman–Crippen MR) is 95.6 cm³/mol. The van der Waals surface area contributed by atoms with Gasteiger partial charge in [0, 0.05) is 43.1 Å². The Labute approximate surface area is 146 Å². The Balaban J connectivity index is 1.64. The Bertz CT molecular complexity index is 553. The molecule has 1 saturated heterocycles. The van der Waals surface area contributed by atoms with Crippen LogP contribution in [0.2, 0.25) is 5.02 Å². The molecule has 126 valence electrons. The highest BCUT2D eigenvalue weighted by Crippen LogP contribution is 2.18. The van der Waals surface area contributed by atoms with Crippen LogP contribution in [0.4, 0.5) is 0 Å². The van der Waals surface area contributed by atoms with Gasteiger partial charge in [-0.3, -0.25) is 9.59 Å². The van der Waals surface area contributed by atoms with Gasteiger partial charge in [0.1, 0.15) is 0 Å². The fourth-order valence-electron chi connectivity index (χ4n) is 2.68. The molecule has 1 fully saturated rings. The average Bonchev–Trinajstić information content (AvgIpc) is 2.54. The van der Waals surface area contributed by atoms with Gasteiger partial charge in [0.15, 0.2) is 0 Å². The van der Waals surface area contributed by atoms with Gasteiger partial charge in [-0.15, -0.1) is 0 Å². The molecule has 2 rings (SSSR count). The van der Waals surface area contributed by atoms with Crippen molar-refractivity contribution in [1.29, 1.82) is 0 Å². The summed E-state index contributed by atoms with van der Waals surface area (Å²) in [6.07, 6.45) is 1.77. The monoisotopic (exact) mass is 354 g/mol. The summed E-state index contributed by atoms with van der Waals surface area (Å²) in [5, 5.41) is 3.74. The highest BCUT2D eigenvalue weighted by Gasteiger charge is 2.26. The molecule has 1 aromatic rings. The van der Waals surface area contributed by atoms with Crippen molar-refractivity contribution in [2.24, 2.45) is 5.92 Å². The second-order valence-corrected chi connectivity index (χ2v) is 7.32. The molecule has 23 heavy (non-hydrogen) atoms. The molecule has 1 heterocycles. The normalized spacial score (nSPS) is 17.8. The molecule has 1 aliphatic rings. The molecular weight excluding hydrogens is 332 g/mol. The van der Waals surface area contributed by atoms with Crippen LogP contribution in [0.1, 0.15) is 25.3 Å². The molecule has 4 nitrogen and oxygen atoms in total. The van der Waals surface area contributed by atoms with E-state index in [2.05, 4.69) is 11.4 Å². The van der Waals surface area contributed by atoms with Crippen LogP contribution < -0.4 is 5.32 Å². The van der Waals surface area contributed by atoms with Gasteiger partial charge >= 0.3 is 0 Å². The number of hydrogen-bond acceptors (Lipinski definition) is 3. The Morgan fingerprint density at radius 1 is 1.43 bits per heavy atom. The number of nitrogens with one attached hydrogen (secondary N) is 1. The first kappa shape index (κ1) is 18.1. The third-order valence-corrected chi connectivity index (χ3v) is 5.21. The summed E-state index contributed by atoms with van der Waals surface area (Å²) in [4.78, 5) is 25.3. The SMILES string of the molecule is CC(=O)N1CCC[C@@H](C(=O)NCCSCc2cccc(Cl)c2)C1. The Morgan fingerprint density at radius 2 is 2.26 bits per heavy atom. The summed E-state index contributed by atoms with van der Waals surface area (Å²) in [7, 11) is 0. The largest absolute Gasteiger partial charge is 0.355 e. The zero-order valence-electron chi connectivity index (χ0n) is 13.4. The number of nitrogens with zero attached hydrogens (tertiary/aromatic N) is 1. The van der Waals surface area contributed by atoms with E-state index in [1.54, 1.807) is 23.6 Å². The fourth-order valence-corrected chi connectivity index (χ4v) is 3.70. The van der Waals surface area contributed by atoms with E-state index in [1.807, 2.05) is 18.2 Å². The summed E-state index contributed by atoms with van der Waals surface area (Å²) in [6.45, 7) is 3.54. The van der Waals surface area contributed by atoms with Crippen LogP contribution >= 0.6 is 23.4 Å². The van der Waals surface area contributed by atoms with Crippen molar-refractivity contribution in [1.82, 2.24) is 10.2 Å². The molecule has 1 atom stereocenters. The van der Waals surface area contributed by atoms with E-state index in [0.29, 0.717) is 13.1 Å². The predicted octanol–water partition coefficient (Wildman–Crippen LogP) is 2.95. The highest BCUT2D eigenvalue weighted by molar-refractivity contribution is 7.98. The average molecular weight is 355 g/mol. The molecule has 0 radical (unpaired) electrons. The lowest BCUT2D eigenvalue weighted by Gasteiger charge is -2.31. The molecule has 1 aromatic carbocycles. The van der Waals surface area contributed by atoms with Gasteiger partial charge in [0.25, 0.3) is 0 Å². The minimum Gasteiger partial charge on any atom is -0.355 e. The first-order valence-electron chi connectivity index (χ1n) is 7.91. The first-order valence-corrected chi connectivity index (χ1v) is 9.45. The molecular formula is C17H23ClN2O2S. The summed E-state index contributed by atoms with van der Waals surface area (Å²) in [6, 6.07) is 7.83. The van der Waals surface area contributed by atoms with Crippen molar-refractivity contribution in [2.75, 3.05) is 25.4 Å². The lowest BCUT2D eigenvalue weighted by Crippen LogP contribution is -2.45. The molecule has 2 amide bonds. The van der Waals surface area contributed by atoms with E-state index in [1.165, 1.54) is 5.56 Å². The number of thioether (sulfide) groups is 1. The van der Waals surface area contributed by atoms with Crippen LogP contribution in [0, 0.1) is 5.92 Å². The Kier molecular flexibility index (Phi) is 7.24. The van der Waals surface area contributed by atoms with Crippen molar-refractivity contribution < 1.29 is 9.59 Å². The van der Waals surface area contributed by atoms with E-state index in [4.69, 9.17) is 11.6 Å². The maximum atomic E-state index is 12.2. The Hall–Kier alpha value is -1.20. The molecule has 0 bridgehead atoms. The number of benzene rings is 1. The molecule has 0 unspecified atom stereocenters. The van der Waals surface area contributed by atoms with Crippen LogP contribution in [-0.4, -0.2) is 42.1 Å². The Morgan fingerprint density at radius 3 is 3.00 bits per heavy atom. The minimum atomic E-state index is -0.0643. The number of halogens is 1. The lowest BCUT2D eigenvalue weighted by atomic mass is 9.97. The smallest absolute Gasteiger partial charge is 0.224 e. The topological polar surface area (TPSA) is 49.4 Å². The van der Waals surface area contributed by atoms with Crippen LogP contribution in [0.25, 0.3) is 0 Å². The summed E-state index contributed by atoms with van der Waals surface area (Å²) in [5.74, 6) is 1.81. The molecule has 0 spiro atoms. The number of rotatable bonds is 6. The van der Waals surface area contributed by atoms with Gasteiger partial charge in [0.2, 0.25) is 11.8 Å². The summed E-state index contributed by atoms with van der Waals surface area (Å²) >= 11 is 7.72. The molecule has 6 heteroatoms. The van der Waals surface area contributed by atoms with Crippen molar-refractivity contribution in [3.8, 4) is 0 Å². The van der Waals surface area contributed by atoms with Crippen molar-refractivity contribution in [3.63, 3.8) is 0 Å². The molecule has 1 aliphatic heterocycles. The van der Waals surface area contributed by atoms with Crippen LogP contribution in [0.3, 0.4) is 0 Å². The van der Waals surface area contributed by atoms with Gasteiger partial charge in [-0.1, -0.05) is 23.7 Å². The third-order valence-electron chi connectivity index (χ3n) is 3.94. The van der Waals surface area contributed by atoms with Crippen molar-refractivity contribution >= 4 is 35.2 Å². The summed E-state index contributed by atoms with van der Waals surface area (Å²) < 4.78 is 0. The fraction of sp³-hybridized carbons (Fsp3) is 0.529. The van der Waals surface area contributed by atoms with Crippen LogP contribution in [0.5, 0.6) is 0 Å². The van der Waals surface area contributed by atoms with Gasteiger partial charge < -0.3 is 10.2 Å². The van der Waals surface area contributed by atoms with E-state index in [9.17, 15) is 9.59 Å². The van der Waals surface area contributed by atoms with Gasteiger partial charge in [0.05, 0.1) is 5.92 Å². The number of amides is 2. The standard InChI is InChI=1S/C17H23ClN2O2S/c1-13(21)20-8-3-5-15(11-20)17(22)19-7-9-23-12-14-4-2-6-16(18)10-14/h2,4,6,10,15H,3,5,7-9,11-12H2,1H3,(H,19,22)/t15-/m1/s1. The maximum Gasteiger partial charge on any atom is 0.224 e. The van der Waals surface area contributed by atoms with Crippen LogP contribution in [0.15, 0.2) is 24.3 Å². The number of carbonyl (C=O) groups is 2. The number of hydrogen-bond donors (Lipinski definition) is 1. The molecule has 1 N–H and O–H groups in total. The van der Waals surface area contributed by atoms with Crippen molar-refractivity contribution in [3.05, 3.63) is 34.9 Å². The lowest BCUT2D eigenvalue weighted by molar-refractivity contribution is -0.133. The minimum absolute atomic E-state index is 0.0552. The third kappa shape index (κ3) is 6.07. The van der Waals surface area contributed by atoms with Crippen LogP contribution in [-0.2, 0) is 15.3 Å². The zero-order valence-corrected chi connectivity index (χ0v) is 15.0. The van der Waals surface area contributed by atoms with Crippen molar-refractivity contribution in [2.45, 2.75) is 25.5 Å². The van der Waals surface area contributed by atoms with Gasteiger partial charge in [-0.05, 0) is 30.5 Å². The number of piperidine rings is 1.